The lowest BCUT2D eigenvalue weighted by Gasteiger charge is -2.31. The van der Waals surface area contributed by atoms with Crippen LogP contribution in [0, 0.1) is 5.92 Å². The molecular weight excluding hydrogens is 412 g/mol. The molecule has 0 spiro atoms. The first-order valence-corrected chi connectivity index (χ1v) is 10.1. The molecule has 0 bridgehead atoms. The summed E-state index contributed by atoms with van der Waals surface area (Å²) >= 11 is 0. The Kier molecular flexibility index (Phi) is 5.15. The van der Waals surface area contributed by atoms with Crippen LogP contribution >= 0.6 is 0 Å². The molecule has 7 heteroatoms. The predicted octanol–water partition coefficient (Wildman–Crippen LogP) is 4.10. The zero-order chi connectivity index (χ0) is 22.1. The smallest absolute Gasteiger partial charge is 0.320 e. The number of fused-ring (bicyclic) bond motifs is 2. The van der Waals surface area contributed by atoms with Gasteiger partial charge in [0.1, 0.15) is 24.2 Å². The first-order valence-electron chi connectivity index (χ1n) is 10.1. The number of esters is 1. The first kappa shape index (κ1) is 19.9. The fourth-order valence-corrected chi connectivity index (χ4v) is 3.85. The van der Waals surface area contributed by atoms with Crippen LogP contribution in [0.25, 0.3) is 0 Å². The second kappa shape index (κ2) is 8.26. The third-order valence-electron chi connectivity index (χ3n) is 5.48. The normalized spacial score (nSPS) is 18.5. The molecule has 0 aromatic heterocycles. The maximum atomic E-state index is 13.4. The summed E-state index contributed by atoms with van der Waals surface area (Å²) in [7, 11) is 1.25. The highest BCUT2D eigenvalue weighted by Crippen LogP contribution is 2.43. The second-order valence-electron chi connectivity index (χ2n) is 7.45. The number of Topliss-reactive ketones (excluding diaryl/α,β-unsaturated/α-hetero) is 1. The number of benzene rings is 3. The molecule has 3 aromatic rings. The van der Waals surface area contributed by atoms with Gasteiger partial charge in [0.15, 0.2) is 23.2 Å². The standard InChI is InChI=1S/C25H20O7/c1-28-25(27)22-23(26)18-12-17(29-13-15-5-3-2-4-6-15)8-10-19(18)32-24(22)16-7-9-20-21(11-16)31-14-30-20/h2-12,22,24H,13-14H2,1H3/t22-,24+/m0/s1. The minimum absolute atomic E-state index is 0.123. The summed E-state index contributed by atoms with van der Waals surface area (Å²) in [5, 5.41) is 0. The van der Waals surface area contributed by atoms with Crippen molar-refractivity contribution >= 4 is 11.8 Å². The lowest BCUT2D eigenvalue weighted by molar-refractivity contribution is -0.146. The molecule has 2 atom stereocenters. The number of rotatable bonds is 5. The van der Waals surface area contributed by atoms with Crippen LogP contribution in [-0.2, 0) is 16.1 Å². The average molecular weight is 432 g/mol. The molecule has 3 aromatic carbocycles. The van der Waals surface area contributed by atoms with Crippen LogP contribution in [-0.4, -0.2) is 25.7 Å². The van der Waals surface area contributed by atoms with Crippen molar-refractivity contribution in [1.82, 2.24) is 0 Å². The molecule has 0 unspecified atom stereocenters. The Morgan fingerprint density at radius 3 is 2.56 bits per heavy atom. The molecule has 7 nitrogen and oxygen atoms in total. The Labute approximate surface area is 184 Å². The minimum atomic E-state index is -1.16. The van der Waals surface area contributed by atoms with Crippen molar-refractivity contribution < 1.29 is 33.3 Å². The Morgan fingerprint density at radius 2 is 1.75 bits per heavy atom. The van der Waals surface area contributed by atoms with Gasteiger partial charge in [-0.1, -0.05) is 36.4 Å². The van der Waals surface area contributed by atoms with Gasteiger partial charge in [-0.05, 0) is 41.5 Å². The number of methoxy groups -OCH3 is 1. The Hall–Kier alpha value is -4.00. The molecule has 2 aliphatic heterocycles. The van der Waals surface area contributed by atoms with Gasteiger partial charge in [-0.3, -0.25) is 9.59 Å². The van der Waals surface area contributed by atoms with Crippen LogP contribution in [0.2, 0.25) is 0 Å². The Morgan fingerprint density at radius 1 is 0.969 bits per heavy atom. The van der Waals surface area contributed by atoms with E-state index in [0.29, 0.717) is 35.2 Å². The molecule has 0 saturated heterocycles. The molecule has 32 heavy (non-hydrogen) atoms. The zero-order valence-corrected chi connectivity index (χ0v) is 17.3. The van der Waals surface area contributed by atoms with Crippen molar-refractivity contribution in [1.29, 1.82) is 0 Å². The molecular formula is C25H20O7. The predicted molar refractivity (Wildman–Crippen MR) is 113 cm³/mol. The number of hydrogen-bond acceptors (Lipinski definition) is 7. The molecule has 2 aliphatic rings. The molecule has 0 fully saturated rings. The average Bonchev–Trinajstić information content (AvgIpc) is 3.31. The monoisotopic (exact) mass is 432 g/mol. The molecule has 0 aliphatic carbocycles. The van der Waals surface area contributed by atoms with E-state index < -0.39 is 18.0 Å². The van der Waals surface area contributed by atoms with Gasteiger partial charge in [-0.25, -0.2) is 0 Å². The van der Waals surface area contributed by atoms with Gasteiger partial charge in [-0.2, -0.15) is 0 Å². The summed E-state index contributed by atoms with van der Waals surface area (Å²) in [5.41, 5.74) is 1.90. The summed E-state index contributed by atoms with van der Waals surface area (Å²) in [5.74, 6) is -0.176. The van der Waals surface area contributed by atoms with Gasteiger partial charge in [0.25, 0.3) is 0 Å². The molecule has 5 rings (SSSR count). The molecule has 0 amide bonds. The lowest BCUT2D eigenvalue weighted by Crippen LogP contribution is -2.37. The van der Waals surface area contributed by atoms with E-state index >= 15 is 0 Å². The summed E-state index contributed by atoms with van der Waals surface area (Å²) < 4.78 is 27.7. The van der Waals surface area contributed by atoms with Crippen LogP contribution in [0.5, 0.6) is 23.0 Å². The fourth-order valence-electron chi connectivity index (χ4n) is 3.85. The zero-order valence-electron chi connectivity index (χ0n) is 17.3. The van der Waals surface area contributed by atoms with Crippen LogP contribution in [0.1, 0.15) is 27.6 Å². The third-order valence-corrected chi connectivity index (χ3v) is 5.48. The number of hydrogen-bond donors (Lipinski definition) is 0. The van der Waals surface area contributed by atoms with E-state index in [1.807, 2.05) is 30.3 Å². The van der Waals surface area contributed by atoms with E-state index in [2.05, 4.69) is 0 Å². The molecule has 0 saturated carbocycles. The number of carbonyl (C=O) groups excluding carboxylic acids is 2. The van der Waals surface area contributed by atoms with E-state index in [4.69, 9.17) is 23.7 Å². The van der Waals surface area contributed by atoms with Crippen LogP contribution < -0.4 is 18.9 Å². The van der Waals surface area contributed by atoms with Crippen LogP contribution in [0.4, 0.5) is 0 Å². The van der Waals surface area contributed by atoms with Gasteiger partial charge in [0.2, 0.25) is 6.79 Å². The van der Waals surface area contributed by atoms with E-state index in [0.717, 1.165) is 5.56 Å². The Balaban J connectivity index is 1.45. The van der Waals surface area contributed by atoms with Crippen molar-refractivity contribution in [3.63, 3.8) is 0 Å². The quantitative estimate of drug-likeness (QED) is 0.444. The molecule has 0 N–H and O–H groups in total. The van der Waals surface area contributed by atoms with Crippen molar-refractivity contribution in [2.24, 2.45) is 5.92 Å². The lowest BCUT2D eigenvalue weighted by atomic mass is 9.85. The third kappa shape index (κ3) is 3.62. The number of ketones is 1. The van der Waals surface area contributed by atoms with E-state index in [1.54, 1.807) is 36.4 Å². The fraction of sp³-hybridized carbons (Fsp3) is 0.200. The topological polar surface area (TPSA) is 80.3 Å². The van der Waals surface area contributed by atoms with E-state index in [-0.39, 0.29) is 18.1 Å². The van der Waals surface area contributed by atoms with Crippen LogP contribution in [0.15, 0.2) is 66.7 Å². The van der Waals surface area contributed by atoms with E-state index in [9.17, 15) is 9.59 Å². The van der Waals surface area contributed by atoms with Gasteiger partial charge in [0.05, 0.1) is 12.7 Å². The number of ether oxygens (including phenoxy) is 5. The van der Waals surface area contributed by atoms with Crippen molar-refractivity contribution in [3.8, 4) is 23.0 Å². The van der Waals surface area contributed by atoms with Crippen molar-refractivity contribution in [2.75, 3.05) is 13.9 Å². The summed E-state index contributed by atoms with van der Waals surface area (Å²) in [6, 6.07) is 19.9. The molecule has 0 radical (unpaired) electrons. The van der Waals surface area contributed by atoms with Gasteiger partial charge >= 0.3 is 5.97 Å². The highest BCUT2D eigenvalue weighted by Gasteiger charge is 2.44. The van der Waals surface area contributed by atoms with Gasteiger partial charge in [0, 0.05) is 0 Å². The summed E-state index contributed by atoms with van der Waals surface area (Å²) in [6.45, 7) is 0.479. The second-order valence-corrected chi connectivity index (χ2v) is 7.45. The maximum Gasteiger partial charge on any atom is 0.320 e. The number of carbonyl (C=O) groups is 2. The van der Waals surface area contributed by atoms with Crippen LogP contribution in [0.3, 0.4) is 0 Å². The highest BCUT2D eigenvalue weighted by atomic mass is 16.7. The molecule has 2 heterocycles. The maximum absolute atomic E-state index is 13.4. The van der Waals surface area contributed by atoms with Crippen molar-refractivity contribution in [3.05, 3.63) is 83.4 Å². The highest BCUT2D eigenvalue weighted by molar-refractivity contribution is 6.11. The Bertz CT molecular complexity index is 1170. The first-order chi connectivity index (χ1) is 15.6. The van der Waals surface area contributed by atoms with Gasteiger partial charge in [-0.15, -0.1) is 0 Å². The minimum Gasteiger partial charge on any atom is -0.489 e. The van der Waals surface area contributed by atoms with Crippen molar-refractivity contribution in [2.45, 2.75) is 12.7 Å². The molecule has 162 valence electrons. The SMILES string of the molecule is COC(=O)[C@H]1C(=O)c2cc(OCc3ccccc3)ccc2O[C@@H]1c1ccc2c(c1)OCO2. The summed E-state index contributed by atoms with van der Waals surface area (Å²) in [6.07, 6.45) is -0.854. The van der Waals surface area contributed by atoms with E-state index in [1.165, 1.54) is 7.11 Å². The van der Waals surface area contributed by atoms with Gasteiger partial charge < -0.3 is 23.7 Å². The summed E-state index contributed by atoms with van der Waals surface area (Å²) in [4.78, 5) is 26.0. The largest absolute Gasteiger partial charge is 0.489 e.